The largest absolute Gasteiger partial charge is 0.497 e. The van der Waals surface area contributed by atoms with Crippen molar-refractivity contribution in [2.75, 3.05) is 7.11 Å². The Labute approximate surface area is 162 Å². The van der Waals surface area contributed by atoms with E-state index in [1.54, 1.807) is 35.9 Å². The van der Waals surface area contributed by atoms with Crippen LogP contribution in [-0.2, 0) is 12.8 Å². The third kappa shape index (κ3) is 3.86. The number of carbonyl (C=O) groups excluding carboxylic acids is 1. The van der Waals surface area contributed by atoms with Gasteiger partial charge in [-0.15, -0.1) is 0 Å². The van der Waals surface area contributed by atoms with Crippen molar-refractivity contribution in [3.8, 4) is 5.75 Å². The zero-order valence-corrected chi connectivity index (χ0v) is 16.0. The number of carbonyl (C=O) groups is 1. The summed E-state index contributed by atoms with van der Waals surface area (Å²) in [5.41, 5.74) is 3.08. The zero-order chi connectivity index (χ0) is 19.6. The van der Waals surface area contributed by atoms with E-state index in [9.17, 15) is 15.0 Å². The van der Waals surface area contributed by atoms with Crippen LogP contribution in [0.15, 0.2) is 42.5 Å². The normalized spacial score (nSPS) is 11.3. The van der Waals surface area contributed by atoms with Crippen molar-refractivity contribution in [2.45, 2.75) is 32.5 Å². The third-order valence-corrected chi connectivity index (χ3v) is 4.93. The Morgan fingerprint density at radius 1 is 1.19 bits per heavy atom. The smallest absolute Gasteiger partial charge is 0.262 e. The van der Waals surface area contributed by atoms with Crippen molar-refractivity contribution < 1.29 is 19.7 Å². The number of aryl methyl sites for hydroxylation is 1. The maximum atomic E-state index is 13.3. The van der Waals surface area contributed by atoms with Crippen molar-refractivity contribution in [1.82, 2.24) is 4.57 Å². The highest BCUT2D eigenvalue weighted by molar-refractivity contribution is 6.30. The summed E-state index contributed by atoms with van der Waals surface area (Å²) in [6, 6.07) is 12.3. The molecule has 0 atom stereocenters. The van der Waals surface area contributed by atoms with Crippen LogP contribution in [0.1, 0.15) is 35.0 Å². The monoisotopic (exact) mass is 387 g/mol. The van der Waals surface area contributed by atoms with Gasteiger partial charge < -0.3 is 14.9 Å². The second-order valence-electron chi connectivity index (χ2n) is 6.33. The van der Waals surface area contributed by atoms with Gasteiger partial charge in [0, 0.05) is 28.1 Å². The predicted octanol–water partition coefficient (Wildman–Crippen LogP) is 3.80. The van der Waals surface area contributed by atoms with Gasteiger partial charge in [0.25, 0.3) is 5.91 Å². The van der Waals surface area contributed by atoms with E-state index in [-0.39, 0.29) is 12.3 Å². The molecule has 142 valence electrons. The van der Waals surface area contributed by atoms with Crippen LogP contribution in [0.2, 0.25) is 5.02 Å². The molecule has 1 aromatic heterocycles. The van der Waals surface area contributed by atoms with Crippen LogP contribution in [0.4, 0.5) is 0 Å². The number of nitrogens with zero attached hydrogens (tertiary/aromatic N) is 1. The summed E-state index contributed by atoms with van der Waals surface area (Å²) in [4.78, 5) is 13.3. The van der Waals surface area contributed by atoms with E-state index >= 15 is 0 Å². The molecule has 0 aliphatic rings. The molecule has 0 unspecified atom stereocenters. The molecule has 2 aromatic carbocycles. The van der Waals surface area contributed by atoms with Gasteiger partial charge in [0.1, 0.15) is 5.75 Å². The molecule has 0 aliphatic heterocycles. The fourth-order valence-electron chi connectivity index (χ4n) is 3.39. The van der Waals surface area contributed by atoms with Crippen LogP contribution < -0.4 is 4.74 Å². The predicted molar refractivity (Wildman–Crippen MR) is 106 cm³/mol. The average Bonchev–Trinajstić information content (AvgIpc) is 2.98. The lowest BCUT2D eigenvalue weighted by Crippen LogP contribution is -2.17. The Kier molecular flexibility index (Phi) is 5.85. The number of methoxy groups -OCH3 is 1. The molecule has 0 fully saturated rings. The van der Waals surface area contributed by atoms with Crippen LogP contribution in [-0.4, -0.2) is 34.1 Å². The molecule has 1 heterocycles. The number of aliphatic hydroxyl groups excluding tert-OH is 1. The van der Waals surface area contributed by atoms with E-state index < -0.39 is 6.29 Å². The van der Waals surface area contributed by atoms with Gasteiger partial charge in [0.15, 0.2) is 6.29 Å². The summed E-state index contributed by atoms with van der Waals surface area (Å²) in [6.07, 6.45) is -0.200. The van der Waals surface area contributed by atoms with Gasteiger partial charge in [-0.05, 0) is 60.9 Å². The lowest BCUT2D eigenvalue weighted by Gasteiger charge is -2.12. The first kappa shape index (κ1) is 19.4. The number of rotatable bonds is 6. The summed E-state index contributed by atoms with van der Waals surface area (Å²) >= 11 is 5.95. The van der Waals surface area contributed by atoms with Gasteiger partial charge in [0.2, 0.25) is 0 Å². The summed E-state index contributed by atoms with van der Waals surface area (Å²) < 4.78 is 7.00. The second-order valence-corrected chi connectivity index (χ2v) is 6.77. The van der Waals surface area contributed by atoms with Crippen LogP contribution >= 0.6 is 11.6 Å². The SMILES string of the molecule is CCc1c(CCC(O)O)n(C(=O)c2ccc(Cl)cc2)c2ccc(OC)cc12. The topological polar surface area (TPSA) is 71.7 Å². The summed E-state index contributed by atoms with van der Waals surface area (Å²) in [5.74, 6) is 0.533. The van der Waals surface area contributed by atoms with Gasteiger partial charge in [-0.1, -0.05) is 18.5 Å². The van der Waals surface area contributed by atoms with E-state index in [2.05, 4.69) is 0 Å². The minimum absolute atomic E-state index is 0.147. The molecule has 0 saturated heterocycles. The standard InChI is InChI=1S/C21H22ClNO4/c1-3-16-17-12-15(27-2)8-9-19(17)23(18(16)10-11-20(24)25)21(26)13-4-6-14(22)7-5-13/h4-9,12,20,24-25H,3,10-11H2,1-2H3. The van der Waals surface area contributed by atoms with Gasteiger partial charge in [-0.3, -0.25) is 9.36 Å². The lowest BCUT2D eigenvalue weighted by molar-refractivity contribution is -0.0449. The Bertz CT molecular complexity index is 960. The van der Waals surface area contributed by atoms with E-state index in [4.69, 9.17) is 16.3 Å². The summed E-state index contributed by atoms with van der Waals surface area (Å²) in [7, 11) is 1.60. The molecule has 0 amide bonds. The number of aliphatic hydroxyl groups is 2. The number of aromatic nitrogens is 1. The first-order valence-electron chi connectivity index (χ1n) is 8.82. The van der Waals surface area contributed by atoms with E-state index in [1.807, 2.05) is 25.1 Å². The van der Waals surface area contributed by atoms with E-state index in [0.29, 0.717) is 29.2 Å². The first-order chi connectivity index (χ1) is 13.0. The zero-order valence-electron chi connectivity index (χ0n) is 15.3. The van der Waals surface area contributed by atoms with Crippen molar-refractivity contribution in [1.29, 1.82) is 0 Å². The quantitative estimate of drug-likeness (QED) is 0.631. The average molecular weight is 388 g/mol. The van der Waals surface area contributed by atoms with Crippen LogP contribution in [0.5, 0.6) is 5.75 Å². The molecule has 6 heteroatoms. The molecule has 0 spiro atoms. The fraction of sp³-hybridized carbons (Fsp3) is 0.286. The van der Waals surface area contributed by atoms with Crippen molar-refractivity contribution in [2.24, 2.45) is 0 Å². The van der Waals surface area contributed by atoms with Crippen LogP contribution in [0.3, 0.4) is 0 Å². The highest BCUT2D eigenvalue weighted by atomic mass is 35.5. The fourth-order valence-corrected chi connectivity index (χ4v) is 3.52. The number of ether oxygens (including phenoxy) is 1. The molecule has 0 saturated carbocycles. The molecule has 0 radical (unpaired) electrons. The van der Waals surface area contributed by atoms with E-state index in [0.717, 1.165) is 22.2 Å². The van der Waals surface area contributed by atoms with Crippen LogP contribution in [0.25, 0.3) is 10.9 Å². The Hall–Kier alpha value is -2.34. The molecule has 27 heavy (non-hydrogen) atoms. The Morgan fingerprint density at radius 3 is 2.48 bits per heavy atom. The molecule has 3 rings (SSSR count). The van der Waals surface area contributed by atoms with Gasteiger partial charge >= 0.3 is 0 Å². The number of hydrogen-bond acceptors (Lipinski definition) is 4. The number of fused-ring (bicyclic) bond motifs is 1. The van der Waals surface area contributed by atoms with Gasteiger partial charge in [0.05, 0.1) is 12.6 Å². The number of halogens is 1. The second kappa shape index (κ2) is 8.13. The Morgan fingerprint density at radius 2 is 1.89 bits per heavy atom. The molecule has 0 bridgehead atoms. The highest BCUT2D eigenvalue weighted by Gasteiger charge is 2.22. The lowest BCUT2D eigenvalue weighted by atomic mass is 10.1. The Balaban J connectivity index is 2.22. The molecule has 2 N–H and O–H groups in total. The maximum Gasteiger partial charge on any atom is 0.262 e. The van der Waals surface area contributed by atoms with E-state index in [1.165, 1.54) is 0 Å². The van der Waals surface area contributed by atoms with Crippen molar-refractivity contribution >= 4 is 28.4 Å². The molecule has 3 aromatic rings. The minimum atomic E-state index is -1.43. The summed E-state index contributed by atoms with van der Waals surface area (Å²) in [6.45, 7) is 2.02. The molecule has 0 aliphatic carbocycles. The molecular formula is C21H22ClNO4. The number of benzene rings is 2. The van der Waals surface area contributed by atoms with Gasteiger partial charge in [-0.25, -0.2) is 0 Å². The minimum Gasteiger partial charge on any atom is -0.497 e. The van der Waals surface area contributed by atoms with Crippen molar-refractivity contribution in [3.05, 3.63) is 64.3 Å². The summed E-state index contributed by atoms with van der Waals surface area (Å²) in [5, 5.41) is 20.2. The third-order valence-electron chi connectivity index (χ3n) is 4.68. The maximum absolute atomic E-state index is 13.3. The van der Waals surface area contributed by atoms with Crippen LogP contribution in [0, 0.1) is 0 Å². The molecule has 5 nitrogen and oxygen atoms in total. The first-order valence-corrected chi connectivity index (χ1v) is 9.20. The molecular weight excluding hydrogens is 366 g/mol. The van der Waals surface area contributed by atoms with Gasteiger partial charge in [-0.2, -0.15) is 0 Å². The van der Waals surface area contributed by atoms with Crippen molar-refractivity contribution in [3.63, 3.8) is 0 Å². The number of hydrogen-bond donors (Lipinski definition) is 2. The highest BCUT2D eigenvalue weighted by Crippen LogP contribution is 2.32.